The van der Waals surface area contributed by atoms with Crippen molar-refractivity contribution in [1.29, 1.82) is 0 Å². The van der Waals surface area contributed by atoms with E-state index in [-0.39, 0.29) is 11.9 Å². The minimum atomic E-state index is -0.0936. The molecule has 1 unspecified atom stereocenters. The zero-order chi connectivity index (χ0) is 18.1. The van der Waals surface area contributed by atoms with Crippen LogP contribution in [0.4, 0.5) is 0 Å². The van der Waals surface area contributed by atoms with Crippen LogP contribution >= 0.6 is 11.3 Å². The molecule has 1 atom stereocenters. The molecule has 1 aromatic carbocycles. The maximum absolute atomic E-state index is 12.7. The normalized spacial score (nSPS) is 12.4. The Morgan fingerprint density at radius 3 is 2.96 bits per heavy atom. The molecule has 0 spiro atoms. The number of amides is 1. The first-order chi connectivity index (χ1) is 12.6. The van der Waals surface area contributed by atoms with E-state index >= 15 is 0 Å². The number of para-hydroxylation sites is 2. The average Bonchev–Trinajstić information content (AvgIpc) is 3.41. The van der Waals surface area contributed by atoms with Crippen molar-refractivity contribution in [3.05, 3.63) is 70.4 Å². The zero-order valence-electron chi connectivity index (χ0n) is 14.6. The molecular formula is C19H19N5OS. The summed E-state index contributed by atoms with van der Waals surface area (Å²) in [5.41, 5.74) is 3.30. The van der Waals surface area contributed by atoms with Crippen LogP contribution in [0.5, 0.6) is 0 Å². The smallest absolute Gasteiger partial charge is 0.274 e. The van der Waals surface area contributed by atoms with Gasteiger partial charge in [-0.25, -0.2) is 4.98 Å². The van der Waals surface area contributed by atoms with Crippen molar-refractivity contribution < 1.29 is 4.79 Å². The van der Waals surface area contributed by atoms with E-state index in [1.807, 2.05) is 66.4 Å². The Balaban J connectivity index is 1.51. The number of nitrogens with zero attached hydrogens (tertiary/aromatic N) is 4. The van der Waals surface area contributed by atoms with Gasteiger partial charge in [-0.05, 0) is 36.6 Å². The fraction of sp³-hybridized carbons (Fsp3) is 0.211. The van der Waals surface area contributed by atoms with Crippen molar-refractivity contribution in [3.8, 4) is 0 Å². The fourth-order valence-corrected chi connectivity index (χ4v) is 3.77. The Morgan fingerprint density at radius 2 is 2.15 bits per heavy atom. The summed E-state index contributed by atoms with van der Waals surface area (Å²) in [6, 6.07) is 13.8. The molecule has 4 rings (SSSR count). The number of benzene rings is 1. The van der Waals surface area contributed by atoms with E-state index in [0.717, 1.165) is 21.6 Å². The van der Waals surface area contributed by atoms with Gasteiger partial charge in [-0.2, -0.15) is 5.10 Å². The minimum Gasteiger partial charge on any atom is -0.333 e. The summed E-state index contributed by atoms with van der Waals surface area (Å²) in [6.07, 6.45) is 1.80. The lowest BCUT2D eigenvalue weighted by Crippen LogP contribution is -2.29. The van der Waals surface area contributed by atoms with Crippen molar-refractivity contribution in [1.82, 2.24) is 24.6 Å². The van der Waals surface area contributed by atoms with E-state index in [2.05, 4.69) is 15.2 Å². The molecule has 7 heteroatoms. The van der Waals surface area contributed by atoms with Gasteiger partial charge in [0.05, 0.1) is 35.6 Å². The summed E-state index contributed by atoms with van der Waals surface area (Å²) in [4.78, 5) is 20.0. The first kappa shape index (κ1) is 16.5. The number of hydrogen-bond donors (Lipinski definition) is 1. The van der Waals surface area contributed by atoms with Crippen molar-refractivity contribution >= 4 is 28.3 Å². The van der Waals surface area contributed by atoms with Crippen LogP contribution in [0.2, 0.25) is 0 Å². The summed E-state index contributed by atoms with van der Waals surface area (Å²) >= 11 is 1.65. The van der Waals surface area contributed by atoms with E-state index in [1.54, 1.807) is 22.6 Å². The first-order valence-electron chi connectivity index (χ1n) is 8.38. The van der Waals surface area contributed by atoms with Crippen LogP contribution in [0.1, 0.15) is 34.0 Å². The second-order valence-electron chi connectivity index (χ2n) is 6.25. The predicted octanol–water partition coefficient (Wildman–Crippen LogP) is 3.70. The van der Waals surface area contributed by atoms with Crippen molar-refractivity contribution in [2.45, 2.75) is 19.5 Å². The minimum absolute atomic E-state index is 0.0141. The molecule has 3 aromatic heterocycles. The molecule has 3 heterocycles. The molecule has 4 aromatic rings. The number of nitrogens with one attached hydrogen (secondary N) is 1. The molecule has 0 fully saturated rings. The third-order valence-corrected chi connectivity index (χ3v) is 5.62. The monoisotopic (exact) mass is 365 g/mol. The molecule has 0 radical (unpaired) electrons. The molecule has 1 amide bonds. The van der Waals surface area contributed by atoms with Gasteiger partial charge in [0.2, 0.25) is 0 Å². The van der Waals surface area contributed by atoms with Gasteiger partial charge in [0.1, 0.15) is 5.69 Å². The summed E-state index contributed by atoms with van der Waals surface area (Å²) < 4.78 is 2.04. The quantitative estimate of drug-likeness (QED) is 0.586. The molecule has 132 valence electrons. The Hall–Kier alpha value is -2.93. The Morgan fingerprint density at radius 1 is 1.31 bits per heavy atom. The van der Waals surface area contributed by atoms with E-state index in [4.69, 9.17) is 0 Å². The second kappa shape index (κ2) is 6.76. The molecule has 1 N–H and O–H groups in total. The molecule has 6 nitrogen and oxygen atoms in total. The third kappa shape index (κ3) is 3.01. The molecule has 26 heavy (non-hydrogen) atoms. The van der Waals surface area contributed by atoms with Gasteiger partial charge in [-0.15, -0.1) is 11.3 Å². The Bertz CT molecular complexity index is 1030. The summed E-state index contributed by atoms with van der Waals surface area (Å²) in [5, 5.41) is 9.21. The van der Waals surface area contributed by atoms with Crippen LogP contribution in [0.3, 0.4) is 0 Å². The van der Waals surface area contributed by atoms with E-state index < -0.39 is 0 Å². The highest BCUT2D eigenvalue weighted by atomic mass is 32.1. The third-order valence-electron chi connectivity index (χ3n) is 4.57. The number of carbonyl (C=O) groups is 1. The van der Waals surface area contributed by atoms with E-state index in [9.17, 15) is 4.79 Å². The highest BCUT2D eigenvalue weighted by Crippen LogP contribution is 2.24. The number of aromatic amines is 1. The van der Waals surface area contributed by atoms with E-state index in [0.29, 0.717) is 12.2 Å². The fourth-order valence-electron chi connectivity index (χ4n) is 2.95. The molecular weight excluding hydrogens is 346 g/mol. The maximum Gasteiger partial charge on any atom is 0.274 e. The lowest BCUT2D eigenvalue weighted by atomic mass is 10.2. The molecule has 0 aliphatic rings. The van der Waals surface area contributed by atoms with Gasteiger partial charge < -0.3 is 9.47 Å². The number of fused-ring (bicyclic) bond motifs is 1. The lowest BCUT2D eigenvalue weighted by molar-refractivity contribution is 0.0739. The maximum atomic E-state index is 12.7. The molecule has 0 aliphatic heterocycles. The lowest BCUT2D eigenvalue weighted by Gasteiger charge is -2.23. The predicted molar refractivity (Wildman–Crippen MR) is 102 cm³/mol. The highest BCUT2D eigenvalue weighted by Gasteiger charge is 2.21. The van der Waals surface area contributed by atoms with Crippen molar-refractivity contribution in [2.24, 2.45) is 0 Å². The summed E-state index contributed by atoms with van der Waals surface area (Å²) in [5.74, 6) is -0.0936. The number of carbonyl (C=O) groups excluding carboxylic acids is 1. The van der Waals surface area contributed by atoms with Gasteiger partial charge in [0.15, 0.2) is 0 Å². The van der Waals surface area contributed by atoms with Crippen LogP contribution in [0, 0.1) is 0 Å². The Labute approximate surface area is 155 Å². The largest absolute Gasteiger partial charge is 0.333 e. The average molecular weight is 365 g/mol. The molecule has 0 bridgehead atoms. The molecule has 0 aliphatic carbocycles. The summed E-state index contributed by atoms with van der Waals surface area (Å²) in [7, 11) is 1.81. The van der Waals surface area contributed by atoms with Crippen LogP contribution in [-0.4, -0.2) is 37.6 Å². The number of aromatic nitrogens is 4. The number of thiophene rings is 1. The molecule has 0 saturated heterocycles. The van der Waals surface area contributed by atoms with Gasteiger partial charge in [0.25, 0.3) is 5.91 Å². The van der Waals surface area contributed by atoms with Crippen molar-refractivity contribution in [2.75, 3.05) is 7.05 Å². The second-order valence-corrected chi connectivity index (χ2v) is 7.23. The number of H-pyrrole nitrogens is 1. The standard InChI is InChI=1S/C19H19N5OS/c1-13(18-8-5-9-26-18)23(2)19(25)16-10-14(21-22-16)11-24-12-20-15-6-3-4-7-17(15)24/h3-10,12-13H,11H2,1-2H3,(H,21,22). The molecule has 0 saturated carbocycles. The first-order valence-corrected chi connectivity index (χ1v) is 9.26. The van der Waals surface area contributed by atoms with Crippen LogP contribution in [0.15, 0.2) is 54.2 Å². The topological polar surface area (TPSA) is 66.8 Å². The number of hydrogen-bond acceptors (Lipinski definition) is 4. The van der Waals surface area contributed by atoms with Gasteiger partial charge >= 0.3 is 0 Å². The van der Waals surface area contributed by atoms with Crippen LogP contribution in [0.25, 0.3) is 11.0 Å². The van der Waals surface area contributed by atoms with Crippen LogP contribution in [-0.2, 0) is 6.54 Å². The van der Waals surface area contributed by atoms with Gasteiger partial charge in [-0.1, -0.05) is 18.2 Å². The van der Waals surface area contributed by atoms with Crippen molar-refractivity contribution in [3.63, 3.8) is 0 Å². The van der Waals surface area contributed by atoms with E-state index in [1.165, 1.54) is 0 Å². The van der Waals surface area contributed by atoms with Crippen LogP contribution < -0.4 is 0 Å². The van der Waals surface area contributed by atoms with Gasteiger partial charge in [0, 0.05) is 11.9 Å². The van der Waals surface area contributed by atoms with Gasteiger partial charge in [-0.3, -0.25) is 9.89 Å². The summed E-state index contributed by atoms with van der Waals surface area (Å²) in [6.45, 7) is 2.61. The Kier molecular flexibility index (Phi) is 4.30. The zero-order valence-corrected chi connectivity index (χ0v) is 15.4. The number of imidazole rings is 1. The number of rotatable bonds is 5. The highest BCUT2D eigenvalue weighted by molar-refractivity contribution is 7.10. The SMILES string of the molecule is CC(c1cccs1)N(C)C(=O)c1cc(Cn2cnc3ccccc32)[nH]n1.